The molecule has 2 aromatic carbocycles. The third-order valence-corrected chi connectivity index (χ3v) is 2.93. The molecular formula is C17H14O4. The summed E-state index contributed by atoms with van der Waals surface area (Å²) in [6, 6.07) is 12.8. The van der Waals surface area contributed by atoms with Gasteiger partial charge in [0.25, 0.3) is 0 Å². The monoisotopic (exact) mass is 282 g/mol. The van der Waals surface area contributed by atoms with Gasteiger partial charge in [0.2, 0.25) is 5.43 Å². The Hall–Kier alpha value is -2.88. The second-order valence-corrected chi connectivity index (χ2v) is 4.28. The number of methoxy groups -OCH3 is 1. The lowest BCUT2D eigenvalue weighted by atomic mass is 10.1. The van der Waals surface area contributed by atoms with Crippen LogP contribution in [0.1, 0.15) is 15.9 Å². The largest absolute Gasteiger partial charge is 0.504 e. The number of allylic oxidation sites excluding steroid dienone is 1. The summed E-state index contributed by atoms with van der Waals surface area (Å²) >= 11 is 0. The van der Waals surface area contributed by atoms with E-state index < -0.39 is 17.0 Å². The van der Waals surface area contributed by atoms with Crippen LogP contribution >= 0.6 is 0 Å². The molecule has 21 heavy (non-hydrogen) atoms. The number of hydrogen-bond acceptors (Lipinski definition) is 4. The minimum absolute atomic E-state index is 0.0313. The standard InChI is InChI=1S/C17H14O4/c1-21-16-9-5-2-6-12(16)10-11-14(18)13-7-3-4-8-15(19)17(13)20/h2-11H,1H3,(H,19,20)/b11-10+. The van der Waals surface area contributed by atoms with Crippen LogP contribution in [0.5, 0.6) is 11.5 Å². The summed E-state index contributed by atoms with van der Waals surface area (Å²) in [5.41, 5.74) is 0.112. The summed E-state index contributed by atoms with van der Waals surface area (Å²) in [5, 5.41) is 9.73. The Labute approximate surface area is 121 Å². The van der Waals surface area contributed by atoms with Crippen LogP contribution in [0.15, 0.2) is 59.4 Å². The molecule has 0 saturated carbocycles. The fraction of sp³-hybridized carbons (Fsp3) is 0.0588. The minimum Gasteiger partial charge on any atom is -0.504 e. The highest BCUT2D eigenvalue weighted by Crippen LogP contribution is 2.19. The van der Waals surface area contributed by atoms with Crippen LogP contribution in [-0.4, -0.2) is 18.0 Å². The fourth-order valence-electron chi connectivity index (χ4n) is 1.84. The van der Waals surface area contributed by atoms with Crippen molar-refractivity contribution in [3.05, 3.63) is 76.0 Å². The van der Waals surface area contributed by atoms with Crippen LogP contribution < -0.4 is 10.2 Å². The molecule has 0 amide bonds. The zero-order valence-electron chi connectivity index (χ0n) is 11.4. The van der Waals surface area contributed by atoms with Crippen LogP contribution in [0.2, 0.25) is 0 Å². The van der Waals surface area contributed by atoms with Gasteiger partial charge in [0, 0.05) is 5.56 Å². The number of aromatic hydroxyl groups is 1. The third kappa shape index (κ3) is 3.36. The van der Waals surface area contributed by atoms with Gasteiger partial charge >= 0.3 is 0 Å². The van der Waals surface area contributed by atoms with E-state index in [9.17, 15) is 14.7 Å². The highest BCUT2D eigenvalue weighted by atomic mass is 16.5. The quantitative estimate of drug-likeness (QED) is 0.691. The van der Waals surface area contributed by atoms with Crippen molar-refractivity contribution >= 4 is 11.9 Å². The van der Waals surface area contributed by atoms with Crippen molar-refractivity contribution < 1.29 is 14.6 Å². The van der Waals surface area contributed by atoms with E-state index in [0.29, 0.717) is 5.75 Å². The summed E-state index contributed by atoms with van der Waals surface area (Å²) in [6.07, 6.45) is 2.88. The average Bonchev–Trinajstić information content (AvgIpc) is 2.67. The van der Waals surface area contributed by atoms with Gasteiger partial charge in [-0.3, -0.25) is 9.59 Å². The lowest BCUT2D eigenvalue weighted by molar-refractivity contribution is 0.104. The van der Waals surface area contributed by atoms with Crippen LogP contribution in [-0.2, 0) is 0 Å². The molecule has 4 heteroatoms. The average molecular weight is 282 g/mol. The van der Waals surface area contributed by atoms with E-state index in [1.165, 1.54) is 30.3 Å². The maximum absolute atomic E-state index is 12.1. The lowest BCUT2D eigenvalue weighted by Gasteiger charge is -2.03. The zero-order chi connectivity index (χ0) is 15.2. The van der Waals surface area contributed by atoms with E-state index in [0.717, 1.165) is 5.56 Å². The van der Waals surface area contributed by atoms with E-state index in [1.807, 2.05) is 12.1 Å². The van der Waals surface area contributed by atoms with Gasteiger partial charge in [-0.1, -0.05) is 30.3 Å². The summed E-state index contributed by atoms with van der Waals surface area (Å²) in [5.74, 6) is -0.365. The molecule has 1 N–H and O–H groups in total. The molecule has 0 aliphatic carbocycles. The normalized spacial score (nSPS) is 10.5. The Balaban J connectivity index is 2.35. The minimum atomic E-state index is -0.589. The molecule has 0 bridgehead atoms. The molecule has 4 nitrogen and oxygen atoms in total. The number of rotatable bonds is 4. The van der Waals surface area contributed by atoms with E-state index >= 15 is 0 Å². The van der Waals surface area contributed by atoms with E-state index in [-0.39, 0.29) is 5.56 Å². The first kappa shape index (κ1) is 14.5. The second-order valence-electron chi connectivity index (χ2n) is 4.28. The second kappa shape index (κ2) is 6.52. The Bertz CT molecular complexity index is 748. The first-order chi connectivity index (χ1) is 10.1. The molecule has 0 radical (unpaired) electrons. The number of carbonyl (C=O) groups is 1. The third-order valence-electron chi connectivity index (χ3n) is 2.93. The first-order valence-corrected chi connectivity index (χ1v) is 6.31. The number of ketones is 1. The highest BCUT2D eigenvalue weighted by Gasteiger charge is 2.09. The summed E-state index contributed by atoms with van der Waals surface area (Å²) < 4.78 is 5.18. The van der Waals surface area contributed by atoms with Gasteiger partial charge in [0.05, 0.1) is 12.7 Å². The molecule has 2 rings (SSSR count). The summed E-state index contributed by atoms with van der Waals surface area (Å²) in [6.45, 7) is 0. The molecule has 0 aromatic heterocycles. The van der Waals surface area contributed by atoms with Crippen molar-refractivity contribution in [2.45, 2.75) is 0 Å². The van der Waals surface area contributed by atoms with Crippen molar-refractivity contribution in [1.82, 2.24) is 0 Å². The van der Waals surface area contributed by atoms with Gasteiger partial charge < -0.3 is 9.84 Å². The topological polar surface area (TPSA) is 63.6 Å². The molecule has 0 fully saturated rings. The van der Waals surface area contributed by atoms with Crippen molar-refractivity contribution in [1.29, 1.82) is 0 Å². The van der Waals surface area contributed by atoms with E-state index in [2.05, 4.69) is 0 Å². The molecule has 0 aliphatic rings. The smallest absolute Gasteiger partial charge is 0.220 e. The molecular weight excluding hydrogens is 268 g/mol. The summed E-state index contributed by atoms with van der Waals surface area (Å²) in [7, 11) is 1.54. The van der Waals surface area contributed by atoms with Gasteiger partial charge in [-0.25, -0.2) is 0 Å². The summed E-state index contributed by atoms with van der Waals surface area (Å²) in [4.78, 5) is 23.6. The van der Waals surface area contributed by atoms with Crippen LogP contribution in [0, 0.1) is 0 Å². The van der Waals surface area contributed by atoms with Crippen molar-refractivity contribution in [2.75, 3.05) is 7.11 Å². The van der Waals surface area contributed by atoms with Crippen LogP contribution in [0.3, 0.4) is 0 Å². The highest BCUT2D eigenvalue weighted by molar-refractivity contribution is 6.08. The fourth-order valence-corrected chi connectivity index (χ4v) is 1.84. The first-order valence-electron chi connectivity index (χ1n) is 6.31. The zero-order valence-corrected chi connectivity index (χ0v) is 11.4. The predicted molar refractivity (Wildman–Crippen MR) is 80.7 cm³/mol. The predicted octanol–water partition coefficient (Wildman–Crippen LogP) is 2.66. The Kier molecular flexibility index (Phi) is 4.51. The number of hydrogen-bond donors (Lipinski definition) is 1. The van der Waals surface area contributed by atoms with Crippen molar-refractivity contribution in [2.24, 2.45) is 0 Å². The van der Waals surface area contributed by atoms with Crippen molar-refractivity contribution in [3.63, 3.8) is 0 Å². The molecule has 0 heterocycles. The molecule has 0 unspecified atom stereocenters. The maximum atomic E-state index is 12.1. The van der Waals surface area contributed by atoms with Gasteiger partial charge in [-0.15, -0.1) is 0 Å². The van der Waals surface area contributed by atoms with Gasteiger partial charge in [-0.05, 0) is 30.4 Å². The lowest BCUT2D eigenvalue weighted by Crippen LogP contribution is -2.01. The molecule has 2 aromatic rings. The van der Waals surface area contributed by atoms with Crippen molar-refractivity contribution in [3.8, 4) is 11.5 Å². The maximum Gasteiger partial charge on any atom is 0.220 e. The SMILES string of the molecule is COc1ccccc1/C=C/C(=O)c1ccccc(=O)c1O. The van der Waals surface area contributed by atoms with Gasteiger partial charge in [0.15, 0.2) is 11.5 Å². The molecule has 0 aliphatic heterocycles. The molecule has 0 saturated heterocycles. The van der Waals surface area contributed by atoms with E-state index in [4.69, 9.17) is 4.74 Å². The van der Waals surface area contributed by atoms with Gasteiger partial charge in [-0.2, -0.15) is 0 Å². The Morgan fingerprint density at radius 1 is 1.10 bits per heavy atom. The molecule has 0 spiro atoms. The Morgan fingerprint density at radius 2 is 1.76 bits per heavy atom. The Morgan fingerprint density at radius 3 is 2.52 bits per heavy atom. The van der Waals surface area contributed by atoms with Gasteiger partial charge in [0.1, 0.15) is 5.75 Å². The van der Waals surface area contributed by atoms with Crippen LogP contribution in [0.25, 0.3) is 6.08 Å². The van der Waals surface area contributed by atoms with Crippen LogP contribution in [0.4, 0.5) is 0 Å². The van der Waals surface area contributed by atoms with E-state index in [1.54, 1.807) is 25.3 Å². The number of carbonyl (C=O) groups excluding carboxylic acids is 1. The number of para-hydroxylation sites is 1. The molecule has 0 atom stereocenters. The molecule has 106 valence electrons. The number of ether oxygens (including phenoxy) is 1. The number of benzene rings is 1.